The fourth-order valence-electron chi connectivity index (χ4n) is 3.04. The molecule has 0 saturated carbocycles. The van der Waals surface area contributed by atoms with E-state index in [0.29, 0.717) is 11.3 Å². The molecule has 1 unspecified atom stereocenters. The number of hydrogen-bond donors (Lipinski definition) is 3. The van der Waals surface area contributed by atoms with E-state index in [-0.39, 0.29) is 11.8 Å². The van der Waals surface area contributed by atoms with Crippen LogP contribution >= 0.6 is 0 Å². The van der Waals surface area contributed by atoms with Crippen molar-refractivity contribution in [1.82, 2.24) is 5.32 Å². The van der Waals surface area contributed by atoms with E-state index in [9.17, 15) is 9.59 Å². The molecule has 2 aromatic rings. The minimum atomic E-state index is -0.459. The first kappa shape index (κ1) is 19.7. The van der Waals surface area contributed by atoms with Crippen LogP contribution in [0.25, 0.3) is 0 Å². The van der Waals surface area contributed by atoms with Gasteiger partial charge in [0, 0.05) is 42.8 Å². The van der Waals surface area contributed by atoms with Crippen LogP contribution < -0.4 is 20.9 Å². The SMILES string of the molecule is CNC(=O)c1cccc(NC(C)C(=O)Nc2ccc(N3CCOCC3)cc2)c1. The number of nitrogens with one attached hydrogen (secondary N) is 3. The zero-order valence-electron chi connectivity index (χ0n) is 16.2. The summed E-state index contributed by atoms with van der Waals surface area (Å²) >= 11 is 0. The smallest absolute Gasteiger partial charge is 0.251 e. The van der Waals surface area contributed by atoms with Crippen molar-refractivity contribution in [1.29, 1.82) is 0 Å². The maximum Gasteiger partial charge on any atom is 0.251 e. The maximum absolute atomic E-state index is 12.5. The molecule has 7 nitrogen and oxygen atoms in total. The normalized spacial score (nSPS) is 14.9. The second-order valence-corrected chi connectivity index (χ2v) is 6.66. The zero-order chi connectivity index (χ0) is 19.9. The van der Waals surface area contributed by atoms with Crippen LogP contribution in [0.4, 0.5) is 17.1 Å². The molecule has 1 atom stereocenters. The highest BCUT2D eigenvalue weighted by atomic mass is 16.5. The van der Waals surface area contributed by atoms with Gasteiger partial charge in [0.25, 0.3) is 5.91 Å². The molecule has 1 fully saturated rings. The lowest BCUT2D eigenvalue weighted by atomic mass is 10.1. The highest BCUT2D eigenvalue weighted by molar-refractivity contribution is 5.97. The number of rotatable bonds is 6. The third kappa shape index (κ3) is 5.01. The van der Waals surface area contributed by atoms with Gasteiger partial charge in [0.05, 0.1) is 13.2 Å². The minimum Gasteiger partial charge on any atom is -0.378 e. The van der Waals surface area contributed by atoms with Gasteiger partial charge in [0.2, 0.25) is 5.91 Å². The second-order valence-electron chi connectivity index (χ2n) is 6.66. The fourth-order valence-corrected chi connectivity index (χ4v) is 3.04. The van der Waals surface area contributed by atoms with Gasteiger partial charge in [-0.05, 0) is 49.4 Å². The van der Waals surface area contributed by atoms with E-state index in [1.165, 1.54) is 0 Å². The largest absolute Gasteiger partial charge is 0.378 e. The molecule has 0 aromatic heterocycles. The van der Waals surface area contributed by atoms with Crippen molar-refractivity contribution in [2.75, 3.05) is 48.9 Å². The summed E-state index contributed by atoms with van der Waals surface area (Å²) in [6, 6.07) is 14.4. The van der Waals surface area contributed by atoms with Crippen molar-refractivity contribution in [2.45, 2.75) is 13.0 Å². The first-order valence-electron chi connectivity index (χ1n) is 9.39. The average molecular weight is 382 g/mol. The van der Waals surface area contributed by atoms with Crippen LogP contribution in [-0.4, -0.2) is 51.2 Å². The van der Waals surface area contributed by atoms with E-state index in [1.807, 2.05) is 30.3 Å². The van der Waals surface area contributed by atoms with Crippen LogP contribution in [0.2, 0.25) is 0 Å². The summed E-state index contributed by atoms with van der Waals surface area (Å²) < 4.78 is 5.37. The Hall–Kier alpha value is -3.06. The molecule has 3 N–H and O–H groups in total. The van der Waals surface area contributed by atoms with Gasteiger partial charge in [0.1, 0.15) is 6.04 Å². The van der Waals surface area contributed by atoms with Crippen LogP contribution in [0.3, 0.4) is 0 Å². The molecule has 28 heavy (non-hydrogen) atoms. The predicted octanol–water partition coefficient (Wildman–Crippen LogP) is 2.32. The van der Waals surface area contributed by atoms with Crippen LogP contribution in [0, 0.1) is 0 Å². The van der Waals surface area contributed by atoms with E-state index >= 15 is 0 Å². The lowest BCUT2D eigenvalue weighted by Crippen LogP contribution is -2.36. The number of carbonyl (C=O) groups is 2. The Morgan fingerprint density at radius 1 is 1.04 bits per heavy atom. The average Bonchev–Trinajstić information content (AvgIpc) is 2.74. The van der Waals surface area contributed by atoms with E-state index in [2.05, 4.69) is 20.9 Å². The van der Waals surface area contributed by atoms with Gasteiger partial charge in [-0.1, -0.05) is 6.07 Å². The van der Waals surface area contributed by atoms with E-state index in [0.717, 1.165) is 37.7 Å². The fraction of sp³-hybridized carbons (Fsp3) is 0.333. The monoisotopic (exact) mass is 382 g/mol. The predicted molar refractivity (Wildman–Crippen MR) is 111 cm³/mol. The molecule has 0 spiro atoms. The van der Waals surface area contributed by atoms with Gasteiger partial charge in [-0.2, -0.15) is 0 Å². The summed E-state index contributed by atoms with van der Waals surface area (Å²) in [6.45, 7) is 5.01. The summed E-state index contributed by atoms with van der Waals surface area (Å²) in [6.07, 6.45) is 0. The first-order valence-corrected chi connectivity index (χ1v) is 9.39. The number of carbonyl (C=O) groups excluding carboxylic acids is 2. The van der Waals surface area contributed by atoms with Crippen molar-refractivity contribution < 1.29 is 14.3 Å². The molecule has 2 amide bonds. The number of benzene rings is 2. The maximum atomic E-state index is 12.5. The Balaban J connectivity index is 1.57. The molecular formula is C21H26N4O3. The second kappa shape index (κ2) is 9.23. The third-order valence-electron chi connectivity index (χ3n) is 4.64. The number of morpholine rings is 1. The Morgan fingerprint density at radius 2 is 1.75 bits per heavy atom. The van der Waals surface area contributed by atoms with Gasteiger partial charge < -0.3 is 25.6 Å². The van der Waals surface area contributed by atoms with Gasteiger partial charge in [-0.3, -0.25) is 9.59 Å². The Morgan fingerprint density at radius 3 is 2.43 bits per heavy atom. The Labute approximate surface area is 165 Å². The van der Waals surface area contributed by atoms with E-state index in [4.69, 9.17) is 4.74 Å². The number of anilines is 3. The molecule has 0 radical (unpaired) electrons. The summed E-state index contributed by atoms with van der Waals surface area (Å²) in [4.78, 5) is 26.5. The van der Waals surface area contributed by atoms with E-state index in [1.54, 1.807) is 32.2 Å². The molecule has 0 bridgehead atoms. The summed E-state index contributed by atoms with van der Waals surface area (Å²) in [5, 5.41) is 8.64. The molecule has 3 rings (SSSR count). The Kier molecular flexibility index (Phi) is 6.49. The Bertz CT molecular complexity index is 817. The van der Waals surface area contributed by atoms with Gasteiger partial charge in [-0.25, -0.2) is 0 Å². The number of amides is 2. The van der Waals surface area contributed by atoms with Crippen LogP contribution in [0.5, 0.6) is 0 Å². The van der Waals surface area contributed by atoms with Crippen LogP contribution in [0.15, 0.2) is 48.5 Å². The van der Waals surface area contributed by atoms with Crippen molar-refractivity contribution in [2.24, 2.45) is 0 Å². The molecule has 1 aliphatic heterocycles. The van der Waals surface area contributed by atoms with Crippen LogP contribution in [-0.2, 0) is 9.53 Å². The zero-order valence-corrected chi connectivity index (χ0v) is 16.2. The summed E-state index contributed by atoms with van der Waals surface area (Å²) in [5.41, 5.74) is 3.12. The van der Waals surface area contributed by atoms with Crippen molar-refractivity contribution in [3.63, 3.8) is 0 Å². The molecule has 1 aliphatic rings. The van der Waals surface area contributed by atoms with Gasteiger partial charge in [0.15, 0.2) is 0 Å². The molecular weight excluding hydrogens is 356 g/mol. The van der Waals surface area contributed by atoms with Crippen molar-refractivity contribution in [3.8, 4) is 0 Å². The number of nitrogens with zero attached hydrogens (tertiary/aromatic N) is 1. The summed E-state index contributed by atoms with van der Waals surface area (Å²) in [7, 11) is 1.59. The standard InChI is InChI=1S/C21H26N4O3/c1-15(23-18-5-3-4-16(14-18)21(27)22-2)20(26)24-17-6-8-19(9-7-17)25-10-12-28-13-11-25/h3-9,14-15,23H,10-13H2,1-2H3,(H,22,27)(H,24,26). The minimum absolute atomic E-state index is 0.149. The van der Waals surface area contributed by atoms with Crippen LogP contribution in [0.1, 0.15) is 17.3 Å². The molecule has 2 aromatic carbocycles. The quantitative estimate of drug-likeness (QED) is 0.714. The van der Waals surface area contributed by atoms with E-state index < -0.39 is 6.04 Å². The summed E-state index contributed by atoms with van der Waals surface area (Å²) in [5.74, 6) is -0.314. The van der Waals surface area contributed by atoms with Gasteiger partial charge in [-0.15, -0.1) is 0 Å². The molecule has 1 saturated heterocycles. The van der Waals surface area contributed by atoms with Crippen molar-refractivity contribution in [3.05, 3.63) is 54.1 Å². The number of ether oxygens (including phenoxy) is 1. The molecule has 148 valence electrons. The van der Waals surface area contributed by atoms with Crippen molar-refractivity contribution >= 4 is 28.9 Å². The molecule has 1 heterocycles. The lowest BCUT2D eigenvalue weighted by Gasteiger charge is -2.29. The highest BCUT2D eigenvalue weighted by Crippen LogP contribution is 2.19. The topological polar surface area (TPSA) is 82.7 Å². The third-order valence-corrected chi connectivity index (χ3v) is 4.64. The highest BCUT2D eigenvalue weighted by Gasteiger charge is 2.15. The number of hydrogen-bond acceptors (Lipinski definition) is 5. The first-order chi connectivity index (χ1) is 13.6. The molecule has 7 heteroatoms. The lowest BCUT2D eigenvalue weighted by molar-refractivity contribution is -0.116. The molecule has 0 aliphatic carbocycles. The van der Waals surface area contributed by atoms with Gasteiger partial charge >= 0.3 is 0 Å².